The van der Waals surface area contributed by atoms with Crippen molar-refractivity contribution in [1.29, 1.82) is 0 Å². The van der Waals surface area contributed by atoms with E-state index in [9.17, 15) is 9.59 Å². The van der Waals surface area contributed by atoms with Gasteiger partial charge in [-0.15, -0.1) is 0 Å². The summed E-state index contributed by atoms with van der Waals surface area (Å²) in [5.74, 6) is -0.247. The molecule has 0 aliphatic heterocycles. The van der Waals surface area contributed by atoms with Gasteiger partial charge in [-0.3, -0.25) is 14.9 Å². The smallest absolute Gasteiger partial charge is 0.232 e. The van der Waals surface area contributed by atoms with Gasteiger partial charge >= 0.3 is 0 Å². The minimum Gasteiger partial charge on any atom is -0.420 e. The Morgan fingerprint density at radius 3 is 3.00 bits per heavy atom. The Hall–Kier alpha value is -1.69. The van der Waals surface area contributed by atoms with Crippen LogP contribution in [0.3, 0.4) is 0 Å². The number of fused-ring (bicyclic) bond motifs is 1. The summed E-state index contributed by atoms with van der Waals surface area (Å²) in [6.45, 7) is 1.33. The van der Waals surface area contributed by atoms with Gasteiger partial charge in [0.2, 0.25) is 22.9 Å². The molecule has 0 aliphatic rings. The fourth-order valence-electron chi connectivity index (χ4n) is 1.25. The molecule has 2 aromatic rings. The molecule has 6 heteroatoms. The quantitative estimate of drug-likeness (QED) is 0.867. The zero-order valence-corrected chi connectivity index (χ0v) is 9.87. The van der Waals surface area contributed by atoms with Crippen molar-refractivity contribution < 1.29 is 9.21 Å². The van der Waals surface area contributed by atoms with E-state index in [-0.39, 0.29) is 27.4 Å². The van der Waals surface area contributed by atoms with Gasteiger partial charge in [0.05, 0.1) is 5.39 Å². The van der Waals surface area contributed by atoms with Crippen molar-refractivity contribution in [3.63, 3.8) is 0 Å². The van der Waals surface area contributed by atoms with E-state index in [1.807, 2.05) is 0 Å². The molecule has 1 N–H and O–H groups in total. The molecule has 0 radical (unpaired) electrons. The number of amides is 1. The fourth-order valence-corrected chi connectivity index (χ4v) is 1.64. The van der Waals surface area contributed by atoms with Gasteiger partial charge in [0.15, 0.2) is 0 Å². The number of aromatic nitrogens is 1. The molecule has 0 aromatic carbocycles. The van der Waals surface area contributed by atoms with Crippen LogP contribution in [0, 0.1) is 0 Å². The lowest BCUT2D eigenvalue weighted by molar-refractivity contribution is -0.114. The van der Waals surface area contributed by atoms with Crippen molar-refractivity contribution >= 4 is 38.8 Å². The topological polar surface area (TPSA) is 72.2 Å². The van der Waals surface area contributed by atoms with E-state index in [0.29, 0.717) is 5.39 Å². The Morgan fingerprint density at radius 1 is 1.56 bits per heavy atom. The van der Waals surface area contributed by atoms with Crippen molar-refractivity contribution in [3.05, 3.63) is 33.0 Å². The van der Waals surface area contributed by atoms with Crippen molar-refractivity contribution in [3.8, 4) is 0 Å². The second-order valence-electron chi connectivity index (χ2n) is 3.11. The van der Waals surface area contributed by atoms with Crippen LogP contribution in [-0.2, 0) is 4.79 Å². The predicted molar refractivity (Wildman–Crippen MR) is 62.3 cm³/mol. The first kappa shape index (κ1) is 10.8. The van der Waals surface area contributed by atoms with Crippen molar-refractivity contribution in [2.75, 3.05) is 5.32 Å². The number of pyridine rings is 1. The Bertz CT molecular complexity index is 621. The normalized spacial score (nSPS) is 10.4. The summed E-state index contributed by atoms with van der Waals surface area (Å²) in [6.07, 6.45) is 1.51. The minimum absolute atomic E-state index is 0.0729. The van der Waals surface area contributed by atoms with Crippen LogP contribution < -0.4 is 10.7 Å². The van der Waals surface area contributed by atoms with Crippen molar-refractivity contribution in [2.45, 2.75) is 6.92 Å². The molecule has 5 nitrogen and oxygen atoms in total. The van der Waals surface area contributed by atoms with E-state index in [4.69, 9.17) is 4.42 Å². The van der Waals surface area contributed by atoms with Gasteiger partial charge in [-0.05, 0) is 28.1 Å². The second-order valence-corrected chi connectivity index (χ2v) is 3.90. The monoisotopic (exact) mass is 282 g/mol. The molecule has 1 amide bonds. The molecule has 0 atom stereocenters. The highest BCUT2D eigenvalue weighted by Crippen LogP contribution is 2.22. The highest BCUT2D eigenvalue weighted by Gasteiger charge is 2.13. The van der Waals surface area contributed by atoms with Crippen LogP contribution in [0.15, 0.2) is 32.0 Å². The van der Waals surface area contributed by atoms with E-state index in [1.165, 1.54) is 13.1 Å². The van der Waals surface area contributed by atoms with Crippen LogP contribution >= 0.6 is 15.9 Å². The van der Waals surface area contributed by atoms with Gasteiger partial charge in [0.25, 0.3) is 0 Å². The summed E-state index contributed by atoms with van der Waals surface area (Å²) >= 11 is 3.08. The summed E-state index contributed by atoms with van der Waals surface area (Å²) in [5, 5.41) is 2.78. The van der Waals surface area contributed by atoms with E-state index in [0.717, 1.165) is 0 Å². The van der Waals surface area contributed by atoms with Crippen LogP contribution in [0.5, 0.6) is 0 Å². The molecule has 0 spiro atoms. The first-order chi connectivity index (χ1) is 7.59. The lowest BCUT2D eigenvalue weighted by atomic mass is 10.3. The van der Waals surface area contributed by atoms with Crippen LogP contribution in [0.4, 0.5) is 5.88 Å². The summed E-state index contributed by atoms with van der Waals surface area (Å²) in [4.78, 5) is 26.6. The highest BCUT2D eigenvalue weighted by atomic mass is 79.9. The Kier molecular flexibility index (Phi) is 2.74. The molecule has 0 bridgehead atoms. The molecule has 16 heavy (non-hydrogen) atoms. The second kappa shape index (κ2) is 4.05. The number of carbonyl (C=O) groups excluding carboxylic acids is 1. The zero-order chi connectivity index (χ0) is 11.7. The molecule has 82 valence electrons. The van der Waals surface area contributed by atoms with Gasteiger partial charge in [0, 0.05) is 13.1 Å². The third kappa shape index (κ3) is 1.83. The molecule has 2 aromatic heterocycles. The maximum atomic E-state index is 11.8. The molecule has 2 rings (SSSR count). The van der Waals surface area contributed by atoms with Gasteiger partial charge in [-0.2, -0.15) is 0 Å². The highest BCUT2D eigenvalue weighted by molar-refractivity contribution is 9.10. The number of nitrogens with one attached hydrogen (secondary N) is 1. The molecule has 2 heterocycles. The first-order valence-corrected chi connectivity index (χ1v) is 5.24. The van der Waals surface area contributed by atoms with Crippen molar-refractivity contribution in [2.24, 2.45) is 0 Å². The molecular formula is C10H7BrN2O3. The summed E-state index contributed by atoms with van der Waals surface area (Å²) in [6, 6.07) is 3.25. The summed E-state index contributed by atoms with van der Waals surface area (Å²) in [7, 11) is 0. The van der Waals surface area contributed by atoms with Gasteiger partial charge in [0.1, 0.15) is 4.47 Å². The molecule has 0 fully saturated rings. The zero-order valence-electron chi connectivity index (χ0n) is 8.28. The van der Waals surface area contributed by atoms with Gasteiger partial charge in [-0.1, -0.05) is 0 Å². The molecule has 0 aliphatic carbocycles. The summed E-state index contributed by atoms with van der Waals surface area (Å²) < 4.78 is 5.48. The summed E-state index contributed by atoms with van der Waals surface area (Å²) in [5.41, 5.74) is -0.0717. The van der Waals surface area contributed by atoms with Crippen LogP contribution in [0.1, 0.15) is 6.92 Å². The Balaban J connectivity index is 2.74. The Labute approximate surface area is 98.6 Å². The molecule has 0 unspecified atom stereocenters. The maximum Gasteiger partial charge on any atom is 0.232 e. The van der Waals surface area contributed by atoms with Gasteiger partial charge in [-0.25, -0.2) is 4.98 Å². The standard InChI is InChI=1S/C10H7BrN2O3/c1-5(14)13-10-7(11)8(15)6-3-2-4-12-9(6)16-10/h2-4H,1H3,(H,13,14). The average molecular weight is 283 g/mol. The number of carbonyl (C=O) groups is 1. The number of anilines is 1. The van der Waals surface area contributed by atoms with Crippen LogP contribution in [0.2, 0.25) is 0 Å². The van der Waals surface area contributed by atoms with E-state index in [2.05, 4.69) is 26.2 Å². The lowest BCUT2D eigenvalue weighted by Gasteiger charge is -2.04. The molecule has 0 saturated carbocycles. The SMILES string of the molecule is CC(=O)Nc1oc2ncccc2c(=O)c1Br. The molecular weight excluding hydrogens is 276 g/mol. The van der Waals surface area contributed by atoms with E-state index < -0.39 is 0 Å². The Morgan fingerprint density at radius 2 is 2.31 bits per heavy atom. The van der Waals surface area contributed by atoms with Crippen molar-refractivity contribution in [1.82, 2.24) is 4.98 Å². The number of hydrogen-bond donors (Lipinski definition) is 1. The number of halogens is 1. The van der Waals surface area contributed by atoms with E-state index >= 15 is 0 Å². The number of rotatable bonds is 1. The third-order valence-corrected chi connectivity index (χ3v) is 2.62. The lowest BCUT2D eigenvalue weighted by Crippen LogP contribution is -2.12. The number of nitrogens with zero attached hydrogens (tertiary/aromatic N) is 1. The van der Waals surface area contributed by atoms with Crippen LogP contribution in [0.25, 0.3) is 11.1 Å². The van der Waals surface area contributed by atoms with Gasteiger partial charge < -0.3 is 4.42 Å². The largest absolute Gasteiger partial charge is 0.420 e. The van der Waals surface area contributed by atoms with Crippen LogP contribution in [-0.4, -0.2) is 10.9 Å². The minimum atomic E-state index is -0.320. The average Bonchev–Trinajstić information content (AvgIpc) is 2.25. The fraction of sp³-hybridized carbons (Fsp3) is 0.100. The third-order valence-electron chi connectivity index (χ3n) is 1.90. The molecule has 0 saturated heterocycles. The number of hydrogen-bond acceptors (Lipinski definition) is 4. The first-order valence-electron chi connectivity index (χ1n) is 4.44. The maximum absolute atomic E-state index is 11.8. The van der Waals surface area contributed by atoms with E-state index in [1.54, 1.807) is 12.1 Å². The predicted octanol–water partition coefficient (Wildman–Crippen LogP) is 1.91.